The van der Waals surface area contributed by atoms with Gasteiger partial charge in [0.25, 0.3) is 0 Å². The first kappa shape index (κ1) is 29.3. The maximum absolute atomic E-state index is 6.96. The first-order valence-electron chi connectivity index (χ1n) is 13.5. The molecule has 204 valence electrons. The number of quaternary nitrogens is 1. The number of rotatable bonds is 14. The number of hydrogen-bond acceptors (Lipinski definition) is 5. The fourth-order valence-electron chi connectivity index (χ4n) is 5.60. The van der Waals surface area contributed by atoms with E-state index < -0.39 is 5.54 Å². The van der Waals surface area contributed by atoms with Gasteiger partial charge in [0.2, 0.25) is 5.54 Å². The molecule has 37 heavy (non-hydrogen) atoms. The SMILES string of the molecule is CC1=CC(C(OCCCN(C)C)c2ccccc2)(C(OCCCN(C)C)c2ccccc2C)[N+](C)(C)N1. The molecular weight excluding hydrogens is 460 g/mol. The third kappa shape index (κ3) is 7.01. The van der Waals surface area contributed by atoms with E-state index in [1.165, 1.54) is 16.7 Å². The number of nitrogens with one attached hydrogen (secondary N) is 1. The highest BCUT2D eigenvalue weighted by Crippen LogP contribution is 2.51. The van der Waals surface area contributed by atoms with Gasteiger partial charge in [0, 0.05) is 19.3 Å². The number of ether oxygens (including phenoxy) is 2. The molecule has 3 rings (SSSR count). The van der Waals surface area contributed by atoms with Gasteiger partial charge in [-0.25, -0.2) is 10.0 Å². The van der Waals surface area contributed by atoms with Gasteiger partial charge in [0.15, 0.2) is 0 Å². The second-order valence-corrected chi connectivity index (χ2v) is 11.4. The Morgan fingerprint density at radius 2 is 1.32 bits per heavy atom. The minimum Gasteiger partial charge on any atom is -0.366 e. The summed E-state index contributed by atoms with van der Waals surface area (Å²) in [4.78, 5) is 4.42. The summed E-state index contributed by atoms with van der Waals surface area (Å²) >= 11 is 0. The first-order valence-corrected chi connectivity index (χ1v) is 13.5. The molecule has 0 radical (unpaired) electrons. The topological polar surface area (TPSA) is 37.0 Å². The quantitative estimate of drug-likeness (QED) is 0.288. The van der Waals surface area contributed by atoms with Crippen LogP contribution >= 0.6 is 0 Å². The van der Waals surface area contributed by atoms with E-state index in [0.29, 0.717) is 17.8 Å². The van der Waals surface area contributed by atoms with Crippen LogP contribution in [-0.2, 0) is 9.47 Å². The third-order valence-electron chi connectivity index (χ3n) is 7.35. The molecule has 1 aliphatic rings. The van der Waals surface area contributed by atoms with Gasteiger partial charge in [0.05, 0.1) is 19.8 Å². The molecule has 0 bridgehead atoms. The molecule has 0 spiro atoms. The Morgan fingerprint density at radius 1 is 0.784 bits per heavy atom. The number of likely N-dealkylation sites (N-methyl/N-ethyl adjacent to an activating group) is 1. The lowest BCUT2D eigenvalue weighted by atomic mass is 9.76. The van der Waals surface area contributed by atoms with Gasteiger partial charge in [-0.3, -0.25) is 0 Å². The highest BCUT2D eigenvalue weighted by Gasteiger charge is 2.62. The van der Waals surface area contributed by atoms with Crippen LogP contribution in [0.15, 0.2) is 66.4 Å². The van der Waals surface area contributed by atoms with E-state index in [1.54, 1.807) is 0 Å². The van der Waals surface area contributed by atoms with Crippen molar-refractivity contribution < 1.29 is 14.1 Å². The highest BCUT2D eigenvalue weighted by atomic mass is 16.5. The standard InChI is InChI=1S/C31H49N4O2/c1-25-16-12-13-19-28(25)30(37-23-15-21-34(5)6)31(24-26(2)32-35(31,7)8)29(27-17-10-9-11-18-27)36-22-14-20-33(3)4/h9-13,16-19,24,29-30,32H,14-15,20-23H2,1-8H3/q+1. The van der Waals surface area contributed by atoms with Crippen molar-refractivity contribution in [3.63, 3.8) is 0 Å². The average molecular weight is 510 g/mol. The highest BCUT2D eigenvalue weighted by molar-refractivity contribution is 5.36. The van der Waals surface area contributed by atoms with Crippen LogP contribution in [0.2, 0.25) is 0 Å². The summed E-state index contributed by atoms with van der Waals surface area (Å²) in [6.07, 6.45) is 3.88. The van der Waals surface area contributed by atoms with E-state index in [2.05, 4.69) is 132 Å². The maximum Gasteiger partial charge on any atom is 0.203 e. The summed E-state index contributed by atoms with van der Waals surface area (Å²) in [5.41, 5.74) is 7.96. The molecule has 1 N–H and O–H groups in total. The minimum absolute atomic E-state index is 0.213. The van der Waals surface area contributed by atoms with Crippen molar-refractivity contribution in [2.45, 2.75) is 44.4 Å². The summed E-state index contributed by atoms with van der Waals surface area (Å²) in [6, 6.07) is 19.3. The van der Waals surface area contributed by atoms with Crippen molar-refractivity contribution in [3.05, 3.63) is 83.1 Å². The molecule has 3 unspecified atom stereocenters. The monoisotopic (exact) mass is 509 g/mol. The van der Waals surface area contributed by atoms with Gasteiger partial charge in [-0.15, -0.1) is 0 Å². The van der Waals surface area contributed by atoms with E-state index in [9.17, 15) is 0 Å². The van der Waals surface area contributed by atoms with Crippen molar-refractivity contribution >= 4 is 0 Å². The fraction of sp³-hybridized carbons (Fsp3) is 0.548. The Labute approximate surface area is 225 Å². The summed E-state index contributed by atoms with van der Waals surface area (Å²) in [6.45, 7) is 7.66. The van der Waals surface area contributed by atoms with E-state index >= 15 is 0 Å². The van der Waals surface area contributed by atoms with Crippen LogP contribution in [0.25, 0.3) is 0 Å². The van der Waals surface area contributed by atoms with E-state index in [-0.39, 0.29) is 12.2 Å². The normalized spacial score (nSPS) is 20.6. The molecule has 0 amide bonds. The lowest BCUT2D eigenvalue weighted by Crippen LogP contribution is -2.67. The largest absolute Gasteiger partial charge is 0.366 e. The molecule has 0 fully saturated rings. The molecule has 0 aromatic heterocycles. The van der Waals surface area contributed by atoms with Crippen LogP contribution in [0, 0.1) is 6.92 Å². The molecule has 3 atom stereocenters. The van der Waals surface area contributed by atoms with Crippen molar-refractivity contribution in [3.8, 4) is 0 Å². The molecule has 6 heteroatoms. The molecular formula is C31H49N4O2+. The Bertz CT molecular complexity index is 1010. The number of benzene rings is 2. The summed E-state index contributed by atoms with van der Waals surface area (Å²) in [7, 11) is 12.9. The Kier molecular flexibility index (Phi) is 10.3. The Morgan fingerprint density at radius 3 is 1.84 bits per heavy atom. The van der Waals surface area contributed by atoms with Crippen molar-refractivity contribution in [2.75, 3.05) is 68.6 Å². The Balaban J connectivity index is 2.14. The van der Waals surface area contributed by atoms with E-state index in [4.69, 9.17) is 9.47 Å². The molecule has 0 saturated heterocycles. The minimum atomic E-state index is -0.534. The van der Waals surface area contributed by atoms with Crippen molar-refractivity contribution in [1.29, 1.82) is 0 Å². The van der Waals surface area contributed by atoms with Crippen LogP contribution < -0.4 is 5.43 Å². The van der Waals surface area contributed by atoms with Crippen LogP contribution in [0.1, 0.15) is 48.7 Å². The van der Waals surface area contributed by atoms with Gasteiger partial charge in [-0.05, 0) is 84.7 Å². The summed E-state index contributed by atoms with van der Waals surface area (Å²) < 4.78 is 14.4. The van der Waals surface area contributed by atoms with Crippen molar-refractivity contribution in [2.24, 2.45) is 0 Å². The number of aryl methyl sites for hydroxylation is 1. The van der Waals surface area contributed by atoms with E-state index in [1.807, 2.05) is 0 Å². The van der Waals surface area contributed by atoms with Crippen LogP contribution in [-0.4, -0.2) is 88.5 Å². The van der Waals surface area contributed by atoms with Gasteiger partial charge < -0.3 is 19.3 Å². The average Bonchev–Trinajstić information content (AvgIpc) is 3.08. The van der Waals surface area contributed by atoms with Crippen LogP contribution in [0.4, 0.5) is 0 Å². The maximum atomic E-state index is 6.96. The van der Waals surface area contributed by atoms with Crippen molar-refractivity contribution in [1.82, 2.24) is 15.2 Å². The third-order valence-corrected chi connectivity index (χ3v) is 7.35. The summed E-state index contributed by atoms with van der Waals surface area (Å²) in [5, 5.41) is 0. The predicted molar refractivity (Wildman–Crippen MR) is 153 cm³/mol. The lowest BCUT2D eigenvalue weighted by molar-refractivity contribution is -0.974. The molecule has 1 aliphatic heterocycles. The van der Waals surface area contributed by atoms with E-state index in [0.717, 1.165) is 31.6 Å². The van der Waals surface area contributed by atoms with Gasteiger partial charge >= 0.3 is 0 Å². The first-order chi connectivity index (χ1) is 17.6. The van der Waals surface area contributed by atoms with Crippen LogP contribution in [0.3, 0.4) is 0 Å². The number of allylic oxidation sites excluding steroid dienone is 1. The number of nitrogens with zero attached hydrogens (tertiary/aromatic N) is 3. The molecule has 2 aromatic carbocycles. The number of hydrogen-bond donors (Lipinski definition) is 1. The second kappa shape index (κ2) is 13.0. The second-order valence-electron chi connectivity index (χ2n) is 11.4. The van der Waals surface area contributed by atoms with Gasteiger partial charge in [0.1, 0.15) is 12.2 Å². The smallest absolute Gasteiger partial charge is 0.203 e. The zero-order valence-corrected chi connectivity index (χ0v) is 24.3. The lowest BCUT2D eigenvalue weighted by Gasteiger charge is -2.50. The molecule has 0 saturated carbocycles. The molecule has 2 aromatic rings. The summed E-state index contributed by atoms with van der Waals surface area (Å²) in [5.74, 6) is 0. The molecule has 1 heterocycles. The Hall–Kier alpha value is -2.22. The van der Waals surface area contributed by atoms with Gasteiger partial charge in [-0.1, -0.05) is 54.6 Å². The molecule has 6 nitrogen and oxygen atoms in total. The predicted octanol–water partition coefficient (Wildman–Crippen LogP) is 4.95. The fourth-order valence-corrected chi connectivity index (χ4v) is 5.60. The zero-order valence-electron chi connectivity index (χ0n) is 24.3. The zero-order chi connectivity index (χ0) is 27.1. The van der Waals surface area contributed by atoms with Gasteiger partial charge in [-0.2, -0.15) is 0 Å². The van der Waals surface area contributed by atoms with Crippen LogP contribution in [0.5, 0.6) is 0 Å². The molecule has 0 aliphatic carbocycles.